The van der Waals surface area contributed by atoms with Gasteiger partial charge in [-0.15, -0.1) is 22.7 Å². The van der Waals surface area contributed by atoms with E-state index < -0.39 is 0 Å². The molecule has 0 aliphatic carbocycles. The highest BCUT2D eigenvalue weighted by atomic mass is 32.2. The van der Waals surface area contributed by atoms with Gasteiger partial charge in [-0.3, -0.25) is 9.59 Å². The summed E-state index contributed by atoms with van der Waals surface area (Å²) >= 11 is 5.89. The van der Waals surface area contributed by atoms with Crippen LogP contribution in [0.15, 0.2) is 50.9 Å². The molecule has 0 atom stereocenters. The van der Waals surface area contributed by atoms with Crippen LogP contribution in [0.2, 0.25) is 0 Å². The van der Waals surface area contributed by atoms with Crippen LogP contribution in [-0.2, 0) is 5.75 Å². The molecule has 1 amide bonds. The van der Waals surface area contributed by atoms with Crippen LogP contribution < -0.4 is 10.9 Å². The van der Waals surface area contributed by atoms with Gasteiger partial charge in [0, 0.05) is 17.5 Å². The van der Waals surface area contributed by atoms with Gasteiger partial charge in [-0.25, -0.2) is 9.97 Å². The fourth-order valence-electron chi connectivity index (χ4n) is 2.80. The maximum Gasteiger partial charge on any atom is 0.275 e. The molecule has 0 bridgehead atoms. The molecule has 5 rings (SSSR count). The van der Waals surface area contributed by atoms with Gasteiger partial charge in [0.05, 0.1) is 20.8 Å². The second kappa shape index (κ2) is 7.91. The van der Waals surface area contributed by atoms with Crippen LogP contribution in [0, 0.1) is 6.92 Å². The van der Waals surface area contributed by atoms with E-state index >= 15 is 0 Å². The van der Waals surface area contributed by atoms with E-state index in [2.05, 4.69) is 20.4 Å². The van der Waals surface area contributed by atoms with E-state index in [0.29, 0.717) is 21.3 Å². The molecule has 30 heavy (non-hydrogen) atoms. The topological polar surface area (TPSA) is 89.3 Å². The van der Waals surface area contributed by atoms with Gasteiger partial charge in [-0.2, -0.15) is 9.61 Å². The molecule has 0 saturated carbocycles. The van der Waals surface area contributed by atoms with E-state index in [4.69, 9.17) is 0 Å². The van der Waals surface area contributed by atoms with E-state index in [9.17, 15) is 9.59 Å². The number of fused-ring (bicyclic) bond motifs is 2. The molecule has 0 aliphatic rings. The molecule has 4 heterocycles. The van der Waals surface area contributed by atoms with Crippen molar-refractivity contribution in [3.05, 3.63) is 67.7 Å². The number of thioether (sulfide) groups is 1. The largest absolute Gasteiger partial charge is 0.321 e. The number of aryl methyl sites for hydroxylation is 1. The minimum atomic E-state index is -0.171. The monoisotopic (exact) mass is 471 g/mol. The first-order chi connectivity index (χ1) is 14.5. The lowest BCUT2D eigenvalue weighted by Crippen LogP contribution is -2.15. The third-order valence-corrected chi connectivity index (χ3v) is 8.00. The Kier molecular flexibility index (Phi) is 5.11. The third-order valence-electron chi connectivity index (χ3n) is 4.11. The van der Waals surface area contributed by atoms with Gasteiger partial charge < -0.3 is 5.32 Å². The number of nitrogens with one attached hydrogen (secondary N) is 1. The maximum atomic E-state index is 12.2. The normalized spacial score (nSPS) is 11.4. The van der Waals surface area contributed by atoms with E-state index in [1.165, 1.54) is 45.0 Å². The van der Waals surface area contributed by atoms with Crippen LogP contribution in [-0.4, -0.2) is 25.5 Å². The molecule has 5 aromatic rings. The summed E-state index contributed by atoms with van der Waals surface area (Å²) < 4.78 is 3.20. The van der Waals surface area contributed by atoms with Gasteiger partial charge in [0.1, 0.15) is 5.01 Å². The molecule has 0 aliphatic heterocycles. The molecule has 4 aromatic heterocycles. The number of thiophene rings is 1. The van der Waals surface area contributed by atoms with Crippen molar-refractivity contribution in [1.82, 2.24) is 19.6 Å². The Morgan fingerprint density at radius 1 is 1.20 bits per heavy atom. The summed E-state index contributed by atoms with van der Waals surface area (Å²) in [4.78, 5) is 34.9. The molecule has 1 N–H and O–H groups in total. The molecule has 0 fully saturated rings. The summed E-state index contributed by atoms with van der Waals surface area (Å²) in [5.74, 6) is 0.430. The van der Waals surface area contributed by atoms with E-state index in [1.54, 1.807) is 17.4 Å². The lowest BCUT2D eigenvalue weighted by Gasteiger charge is -2.02. The Labute approximate surface area is 186 Å². The zero-order valence-electron chi connectivity index (χ0n) is 15.5. The van der Waals surface area contributed by atoms with Gasteiger partial charge >= 0.3 is 0 Å². The van der Waals surface area contributed by atoms with Crippen molar-refractivity contribution in [3.8, 4) is 0 Å². The first-order valence-electron chi connectivity index (χ1n) is 8.80. The Hall–Kier alpha value is -2.60. The standard InChI is InChI=1S/C19H13N5O2S4/c1-10-23-24-16(25)8-12(21-18(24)29-10)9-28-19-22-13-5-4-11(7-15(13)30-19)20-17(26)14-3-2-6-27-14/h2-8H,9H2,1H3,(H,20,26). The number of carbonyl (C=O) groups is 1. The Balaban J connectivity index is 1.33. The van der Waals surface area contributed by atoms with Crippen molar-refractivity contribution in [2.24, 2.45) is 0 Å². The van der Waals surface area contributed by atoms with Crippen LogP contribution in [0.25, 0.3) is 15.2 Å². The average molecular weight is 472 g/mol. The number of rotatable bonds is 5. The SMILES string of the molecule is Cc1nn2c(=O)cc(CSc3nc4ccc(NC(=O)c5cccs5)cc4s3)nc2s1. The molecule has 7 nitrogen and oxygen atoms in total. The number of amides is 1. The maximum absolute atomic E-state index is 12.2. The summed E-state index contributed by atoms with van der Waals surface area (Å²) in [6.45, 7) is 1.85. The fourth-order valence-corrected chi connectivity index (χ4v) is 6.19. The smallest absolute Gasteiger partial charge is 0.275 e. The van der Waals surface area contributed by atoms with Crippen molar-refractivity contribution in [3.63, 3.8) is 0 Å². The molecule has 150 valence electrons. The third kappa shape index (κ3) is 3.88. The highest BCUT2D eigenvalue weighted by Crippen LogP contribution is 2.33. The zero-order valence-corrected chi connectivity index (χ0v) is 18.8. The second-order valence-corrected chi connectivity index (χ2v) is 10.6. The lowest BCUT2D eigenvalue weighted by molar-refractivity contribution is 0.103. The second-order valence-electron chi connectivity index (χ2n) is 6.28. The quantitative estimate of drug-likeness (QED) is 0.375. The zero-order chi connectivity index (χ0) is 20.7. The summed E-state index contributed by atoms with van der Waals surface area (Å²) in [5, 5.41) is 9.76. The number of carbonyl (C=O) groups excluding carboxylic acids is 1. The average Bonchev–Trinajstić information content (AvgIpc) is 3.45. The number of benzene rings is 1. The van der Waals surface area contributed by atoms with Crippen molar-refractivity contribution in [1.29, 1.82) is 0 Å². The van der Waals surface area contributed by atoms with Gasteiger partial charge in [0.25, 0.3) is 11.5 Å². The van der Waals surface area contributed by atoms with Crippen LogP contribution in [0.3, 0.4) is 0 Å². The molecular formula is C19H13N5O2S4. The van der Waals surface area contributed by atoms with Crippen LogP contribution in [0.5, 0.6) is 0 Å². The van der Waals surface area contributed by atoms with Crippen molar-refractivity contribution in [2.75, 3.05) is 5.32 Å². The molecule has 0 radical (unpaired) electrons. The highest BCUT2D eigenvalue weighted by molar-refractivity contribution is 8.00. The summed E-state index contributed by atoms with van der Waals surface area (Å²) in [5.41, 5.74) is 2.15. The number of thiazole rings is 1. The van der Waals surface area contributed by atoms with E-state index in [0.717, 1.165) is 25.3 Å². The number of aromatic nitrogens is 4. The Bertz CT molecular complexity index is 1430. The Morgan fingerprint density at radius 3 is 2.93 bits per heavy atom. The molecule has 0 saturated heterocycles. The van der Waals surface area contributed by atoms with E-state index in [-0.39, 0.29) is 11.5 Å². The number of nitrogens with zero attached hydrogens (tertiary/aromatic N) is 4. The number of hydrogen-bond donors (Lipinski definition) is 1. The predicted octanol–water partition coefficient (Wildman–Crippen LogP) is 4.68. The molecular weight excluding hydrogens is 459 g/mol. The predicted molar refractivity (Wildman–Crippen MR) is 123 cm³/mol. The summed E-state index contributed by atoms with van der Waals surface area (Å²) in [6, 6.07) is 10.8. The minimum Gasteiger partial charge on any atom is -0.321 e. The van der Waals surface area contributed by atoms with Gasteiger partial charge in [-0.1, -0.05) is 29.2 Å². The highest BCUT2D eigenvalue weighted by Gasteiger charge is 2.11. The van der Waals surface area contributed by atoms with Crippen LogP contribution >= 0.6 is 45.8 Å². The molecule has 0 spiro atoms. The van der Waals surface area contributed by atoms with Crippen LogP contribution in [0.4, 0.5) is 5.69 Å². The van der Waals surface area contributed by atoms with Crippen LogP contribution in [0.1, 0.15) is 20.4 Å². The van der Waals surface area contributed by atoms with Gasteiger partial charge in [0.2, 0.25) is 4.96 Å². The van der Waals surface area contributed by atoms with E-state index in [1.807, 2.05) is 36.6 Å². The Morgan fingerprint density at radius 2 is 2.10 bits per heavy atom. The fraction of sp³-hybridized carbons (Fsp3) is 0.105. The molecule has 1 aromatic carbocycles. The minimum absolute atomic E-state index is 0.116. The lowest BCUT2D eigenvalue weighted by atomic mass is 10.3. The molecule has 11 heteroatoms. The number of anilines is 1. The van der Waals surface area contributed by atoms with Crippen molar-refractivity contribution in [2.45, 2.75) is 17.0 Å². The number of hydrogen-bond acceptors (Lipinski definition) is 9. The summed E-state index contributed by atoms with van der Waals surface area (Å²) in [7, 11) is 0. The first kappa shape index (κ1) is 19.4. The van der Waals surface area contributed by atoms with Gasteiger partial charge in [-0.05, 0) is 36.6 Å². The molecule has 0 unspecified atom stereocenters. The summed E-state index contributed by atoms with van der Waals surface area (Å²) in [6.07, 6.45) is 0. The van der Waals surface area contributed by atoms with Crippen molar-refractivity contribution < 1.29 is 4.79 Å². The van der Waals surface area contributed by atoms with Gasteiger partial charge in [0.15, 0.2) is 4.34 Å². The first-order valence-corrected chi connectivity index (χ1v) is 12.3. The van der Waals surface area contributed by atoms with Crippen molar-refractivity contribution >= 4 is 72.5 Å².